The van der Waals surface area contributed by atoms with Gasteiger partial charge in [-0.2, -0.15) is 4.31 Å². The van der Waals surface area contributed by atoms with E-state index in [0.717, 1.165) is 15.4 Å². The van der Waals surface area contributed by atoms with Crippen molar-refractivity contribution in [2.24, 2.45) is 0 Å². The summed E-state index contributed by atoms with van der Waals surface area (Å²) in [7, 11) is -3.89. The van der Waals surface area contributed by atoms with Crippen LogP contribution < -0.4 is 10.9 Å². The summed E-state index contributed by atoms with van der Waals surface area (Å²) >= 11 is 0. The third-order valence-electron chi connectivity index (χ3n) is 5.33. The van der Waals surface area contributed by atoms with E-state index in [-0.39, 0.29) is 11.4 Å². The zero-order valence-electron chi connectivity index (χ0n) is 18.5. The van der Waals surface area contributed by atoms with E-state index in [9.17, 15) is 22.8 Å². The van der Waals surface area contributed by atoms with Gasteiger partial charge in [0, 0.05) is 12.1 Å². The van der Waals surface area contributed by atoms with Gasteiger partial charge in [-0.1, -0.05) is 35.4 Å². The molecule has 1 fully saturated rings. The van der Waals surface area contributed by atoms with Crippen molar-refractivity contribution in [3.8, 4) is 0 Å². The standard InChI is InChI=1S/C23H27N3O6S/c1-16-6-10-18(11-7-16)22(28)25-24-21(27)15-32-23(29)20-5-3-4-14-26(20)33(30,31)19-12-8-17(2)9-13-19/h6-13,20H,3-5,14-15H2,1-2H3,(H,24,27)(H,25,28). The lowest BCUT2D eigenvalue weighted by atomic mass is 10.1. The van der Waals surface area contributed by atoms with Crippen molar-refractivity contribution in [2.75, 3.05) is 13.2 Å². The minimum absolute atomic E-state index is 0.101. The van der Waals surface area contributed by atoms with E-state index in [0.29, 0.717) is 24.8 Å². The molecular weight excluding hydrogens is 446 g/mol. The second kappa shape index (κ2) is 10.6. The zero-order valence-corrected chi connectivity index (χ0v) is 19.4. The summed E-state index contributed by atoms with van der Waals surface area (Å²) in [6.45, 7) is 3.28. The quantitative estimate of drug-likeness (QED) is 0.488. The maximum absolute atomic E-state index is 13.1. The number of nitrogens with one attached hydrogen (secondary N) is 2. The van der Waals surface area contributed by atoms with Gasteiger partial charge in [0.1, 0.15) is 6.04 Å². The Morgan fingerprint density at radius 2 is 1.55 bits per heavy atom. The highest BCUT2D eigenvalue weighted by molar-refractivity contribution is 7.89. The van der Waals surface area contributed by atoms with Gasteiger partial charge < -0.3 is 4.74 Å². The molecule has 0 saturated carbocycles. The fourth-order valence-corrected chi connectivity index (χ4v) is 5.09. The number of nitrogens with zero attached hydrogens (tertiary/aromatic N) is 1. The van der Waals surface area contributed by atoms with Crippen molar-refractivity contribution in [2.45, 2.75) is 44.0 Å². The molecule has 1 atom stereocenters. The number of amides is 2. The Labute approximate surface area is 193 Å². The summed E-state index contributed by atoms with van der Waals surface area (Å²) < 4.78 is 32.4. The number of hydrogen-bond acceptors (Lipinski definition) is 6. The van der Waals surface area contributed by atoms with Crippen molar-refractivity contribution in [3.05, 3.63) is 65.2 Å². The van der Waals surface area contributed by atoms with Crippen LogP contribution in [0.4, 0.5) is 0 Å². The summed E-state index contributed by atoms with van der Waals surface area (Å²) in [5.41, 5.74) is 6.69. The van der Waals surface area contributed by atoms with Crippen LogP contribution in [-0.2, 0) is 24.3 Å². The van der Waals surface area contributed by atoms with Crippen LogP contribution in [0.2, 0.25) is 0 Å². The van der Waals surface area contributed by atoms with E-state index < -0.39 is 40.5 Å². The van der Waals surface area contributed by atoms with Crippen molar-refractivity contribution in [1.29, 1.82) is 0 Å². The third-order valence-corrected chi connectivity index (χ3v) is 7.25. The molecule has 1 unspecified atom stereocenters. The largest absolute Gasteiger partial charge is 0.454 e. The van der Waals surface area contributed by atoms with E-state index in [1.54, 1.807) is 36.4 Å². The maximum atomic E-state index is 13.1. The summed E-state index contributed by atoms with van der Waals surface area (Å²) in [4.78, 5) is 36.8. The van der Waals surface area contributed by atoms with Crippen LogP contribution in [0.25, 0.3) is 0 Å². The normalized spacial score (nSPS) is 16.6. The highest BCUT2D eigenvalue weighted by Crippen LogP contribution is 2.26. The fraction of sp³-hybridized carbons (Fsp3) is 0.348. The lowest BCUT2D eigenvalue weighted by molar-refractivity contribution is -0.153. The Kier molecular flexibility index (Phi) is 7.83. The molecule has 2 aromatic rings. The molecule has 3 rings (SSSR count). The molecule has 9 nitrogen and oxygen atoms in total. The topological polar surface area (TPSA) is 122 Å². The predicted molar refractivity (Wildman–Crippen MR) is 120 cm³/mol. The van der Waals surface area contributed by atoms with Gasteiger partial charge in [0.05, 0.1) is 4.90 Å². The van der Waals surface area contributed by atoms with Crippen molar-refractivity contribution >= 4 is 27.8 Å². The number of carbonyl (C=O) groups excluding carboxylic acids is 3. The van der Waals surface area contributed by atoms with Crippen molar-refractivity contribution in [1.82, 2.24) is 15.2 Å². The summed E-state index contributed by atoms with van der Waals surface area (Å²) in [6, 6.07) is 12.1. The molecule has 1 aliphatic heterocycles. The summed E-state index contributed by atoms with van der Waals surface area (Å²) in [5, 5.41) is 0. The summed E-state index contributed by atoms with van der Waals surface area (Å²) in [5.74, 6) is -2.06. The van der Waals surface area contributed by atoms with Gasteiger partial charge in [-0.3, -0.25) is 25.2 Å². The highest BCUT2D eigenvalue weighted by Gasteiger charge is 2.38. The first-order valence-corrected chi connectivity index (χ1v) is 12.0. The molecule has 2 amide bonds. The monoisotopic (exact) mass is 473 g/mol. The second-order valence-electron chi connectivity index (χ2n) is 7.92. The Morgan fingerprint density at radius 1 is 0.939 bits per heavy atom. The Hall–Kier alpha value is -3.24. The molecule has 0 radical (unpaired) electrons. The van der Waals surface area contributed by atoms with Crippen LogP contribution in [0.1, 0.15) is 40.7 Å². The number of esters is 1. The third kappa shape index (κ3) is 6.17. The Morgan fingerprint density at radius 3 is 2.18 bits per heavy atom. The van der Waals surface area contributed by atoms with Gasteiger partial charge in [-0.25, -0.2) is 8.42 Å². The molecule has 0 aliphatic carbocycles. The number of benzene rings is 2. The predicted octanol–water partition coefficient (Wildman–Crippen LogP) is 1.85. The average molecular weight is 474 g/mol. The summed E-state index contributed by atoms with van der Waals surface area (Å²) in [6.07, 6.45) is 1.59. The highest BCUT2D eigenvalue weighted by atomic mass is 32.2. The van der Waals surface area contributed by atoms with E-state index in [4.69, 9.17) is 4.74 Å². The van der Waals surface area contributed by atoms with Gasteiger partial charge in [-0.05, 0) is 57.4 Å². The lowest BCUT2D eigenvalue weighted by Crippen LogP contribution is -2.49. The minimum atomic E-state index is -3.89. The smallest absolute Gasteiger partial charge is 0.324 e. The molecule has 176 valence electrons. The van der Waals surface area contributed by atoms with Crippen molar-refractivity contribution in [3.63, 3.8) is 0 Å². The van der Waals surface area contributed by atoms with Crippen LogP contribution in [0.15, 0.2) is 53.4 Å². The zero-order chi connectivity index (χ0) is 24.0. The van der Waals surface area contributed by atoms with Crippen LogP contribution >= 0.6 is 0 Å². The maximum Gasteiger partial charge on any atom is 0.324 e. The average Bonchev–Trinajstić information content (AvgIpc) is 2.81. The molecule has 1 heterocycles. The van der Waals surface area contributed by atoms with Crippen LogP contribution in [0.3, 0.4) is 0 Å². The van der Waals surface area contributed by atoms with E-state index in [1.807, 2.05) is 13.8 Å². The number of aryl methyl sites for hydroxylation is 2. The van der Waals surface area contributed by atoms with Gasteiger partial charge in [0.25, 0.3) is 11.8 Å². The Bertz CT molecular complexity index is 1110. The van der Waals surface area contributed by atoms with Crippen LogP contribution in [0, 0.1) is 13.8 Å². The second-order valence-corrected chi connectivity index (χ2v) is 9.81. The lowest BCUT2D eigenvalue weighted by Gasteiger charge is -2.33. The Balaban J connectivity index is 1.56. The molecule has 0 aromatic heterocycles. The van der Waals surface area contributed by atoms with Gasteiger partial charge in [-0.15, -0.1) is 0 Å². The van der Waals surface area contributed by atoms with Gasteiger partial charge >= 0.3 is 5.97 Å². The SMILES string of the molecule is Cc1ccc(C(=O)NNC(=O)COC(=O)C2CCCCN2S(=O)(=O)c2ccc(C)cc2)cc1. The molecule has 10 heteroatoms. The molecule has 33 heavy (non-hydrogen) atoms. The van der Waals surface area contributed by atoms with E-state index in [1.165, 1.54) is 12.1 Å². The number of hydrogen-bond donors (Lipinski definition) is 2. The molecule has 1 aliphatic rings. The number of sulfonamides is 1. The molecular formula is C23H27N3O6S. The minimum Gasteiger partial charge on any atom is -0.454 e. The molecule has 2 N–H and O–H groups in total. The number of rotatable bonds is 6. The first-order valence-electron chi connectivity index (χ1n) is 10.6. The van der Waals surface area contributed by atoms with Gasteiger partial charge in [0.2, 0.25) is 10.0 Å². The van der Waals surface area contributed by atoms with E-state index >= 15 is 0 Å². The number of piperidine rings is 1. The number of hydrazine groups is 1. The molecule has 1 saturated heterocycles. The van der Waals surface area contributed by atoms with E-state index in [2.05, 4.69) is 10.9 Å². The first-order chi connectivity index (χ1) is 15.7. The molecule has 0 bridgehead atoms. The van der Waals surface area contributed by atoms with Crippen LogP contribution in [-0.4, -0.2) is 49.7 Å². The molecule has 2 aromatic carbocycles. The first kappa shape index (κ1) is 24.4. The van der Waals surface area contributed by atoms with Gasteiger partial charge in [0.15, 0.2) is 6.61 Å². The van der Waals surface area contributed by atoms with Crippen molar-refractivity contribution < 1.29 is 27.5 Å². The number of ether oxygens (including phenoxy) is 1. The fourth-order valence-electron chi connectivity index (χ4n) is 3.45. The van der Waals surface area contributed by atoms with Crippen LogP contribution in [0.5, 0.6) is 0 Å². The molecule has 0 spiro atoms. The number of carbonyl (C=O) groups is 3.